The fraction of sp³-hybridized carbons (Fsp3) is 0.357. The molecule has 0 amide bonds. The lowest BCUT2D eigenvalue weighted by Crippen LogP contribution is -2.43. The van der Waals surface area contributed by atoms with Gasteiger partial charge in [-0.05, 0) is 31.2 Å². The van der Waals surface area contributed by atoms with E-state index in [-0.39, 0.29) is 5.82 Å². The molecule has 94 valence electrons. The second kappa shape index (κ2) is 4.53. The van der Waals surface area contributed by atoms with E-state index in [4.69, 9.17) is 0 Å². The number of benzene rings is 1. The first-order valence-corrected chi connectivity index (χ1v) is 6.27. The van der Waals surface area contributed by atoms with Crippen LogP contribution < -0.4 is 10.2 Å². The summed E-state index contributed by atoms with van der Waals surface area (Å²) in [5, 5.41) is 4.23. The van der Waals surface area contributed by atoms with Crippen LogP contribution in [-0.2, 0) is 0 Å². The van der Waals surface area contributed by atoms with Crippen LogP contribution in [0.5, 0.6) is 0 Å². The van der Waals surface area contributed by atoms with Crippen molar-refractivity contribution in [3.63, 3.8) is 0 Å². The molecule has 3 rings (SSSR count). The van der Waals surface area contributed by atoms with Crippen molar-refractivity contribution < 1.29 is 4.39 Å². The van der Waals surface area contributed by atoms with E-state index in [0.717, 1.165) is 42.9 Å². The molecule has 2 aromatic rings. The number of halogens is 1. The molecule has 0 radical (unpaired) electrons. The largest absolute Gasteiger partial charge is 0.368 e. The van der Waals surface area contributed by atoms with Gasteiger partial charge in [0.25, 0.3) is 0 Å². The predicted molar refractivity (Wildman–Crippen MR) is 71.5 cm³/mol. The Morgan fingerprint density at radius 2 is 1.94 bits per heavy atom. The number of piperazine rings is 1. The van der Waals surface area contributed by atoms with Crippen molar-refractivity contribution in [2.24, 2.45) is 0 Å². The Balaban J connectivity index is 2.14. The molecule has 2 heterocycles. The quantitative estimate of drug-likeness (QED) is 0.834. The molecule has 0 bridgehead atoms. The third-order valence-corrected chi connectivity index (χ3v) is 3.38. The molecule has 0 atom stereocenters. The summed E-state index contributed by atoms with van der Waals surface area (Å²) in [5.41, 5.74) is 2.41. The molecule has 3 nitrogen and oxygen atoms in total. The van der Waals surface area contributed by atoms with Gasteiger partial charge in [-0.3, -0.25) is 0 Å². The highest BCUT2D eigenvalue weighted by Gasteiger charge is 2.15. The minimum absolute atomic E-state index is 0.243. The second-order valence-corrected chi connectivity index (χ2v) is 4.65. The summed E-state index contributed by atoms with van der Waals surface area (Å²) in [4.78, 5) is 6.60. The van der Waals surface area contributed by atoms with Crippen molar-refractivity contribution >= 4 is 16.6 Å². The van der Waals surface area contributed by atoms with Crippen molar-refractivity contribution in [2.75, 3.05) is 31.1 Å². The lowest BCUT2D eigenvalue weighted by Gasteiger charge is -2.30. The Bertz CT molecular complexity index is 577. The summed E-state index contributed by atoms with van der Waals surface area (Å²) in [6.45, 7) is 5.73. The third kappa shape index (κ3) is 1.93. The van der Waals surface area contributed by atoms with Gasteiger partial charge in [-0.25, -0.2) is 9.37 Å². The summed E-state index contributed by atoms with van der Waals surface area (Å²) < 4.78 is 13.8. The van der Waals surface area contributed by atoms with Crippen LogP contribution in [0.2, 0.25) is 0 Å². The normalized spacial score (nSPS) is 16.2. The molecular formula is C14H16FN3. The van der Waals surface area contributed by atoms with Gasteiger partial charge >= 0.3 is 0 Å². The summed E-state index contributed by atoms with van der Waals surface area (Å²) >= 11 is 0. The Hall–Kier alpha value is -1.68. The summed E-state index contributed by atoms with van der Waals surface area (Å²) in [5.74, 6) is -0.243. The molecule has 1 aromatic heterocycles. The van der Waals surface area contributed by atoms with Gasteiger partial charge < -0.3 is 10.2 Å². The molecule has 1 aliphatic heterocycles. The first kappa shape index (κ1) is 11.4. The zero-order chi connectivity index (χ0) is 12.5. The molecule has 0 unspecified atom stereocenters. The number of hydrogen-bond donors (Lipinski definition) is 1. The molecular weight excluding hydrogens is 229 g/mol. The average molecular weight is 245 g/mol. The molecule has 1 N–H and O–H groups in total. The number of nitrogens with one attached hydrogen (secondary N) is 1. The number of fused-ring (bicyclic) bond motifs is 1. The van der Waals surface area contributed by atoms with Crippen LogP contribution in [0, 0.1) is 12.7 Å². The molecule has 0 aliphatic carbocycles. The van der Waals surface area contributed by atoms with E-state index in [9.17, 15) is 4.39 Å². The smallest absolute Gasteiger partial charge is 0.149 e. The van der Waals surface area contributed by atoms with Gasteiger partial charge in [-0.15, -0.1) is 0 Å². The Kier molecular flexibility index (Phi) is 2.88. The number of aryl methyl sites for hydroxylation is 1. The maximum atomic E-state index is 13.8. The highest BCUT2D eigenvalue weighted by Crippen LogP contribution is 2.28. The monoisotopic (exact) mass is 245 g/mol. The van der Waals surface area contributed by atoms with E-state index < -0.39 is 0 Å². The van der Waals surface area contributed by atoms with Gasteiger partial charge in [-0.1, -0.05) is 0 Å². The number of rotatable bonds is 1. The molecule has 1 saturated heterocycles. The zero-order valence-electron chi connectivity index (χ0n) is 10.4. The van der Waals surface area contributed by atoms with Crippen molar-refractivity contribution in [1.29, 1.82) is 0 Å². The van der Waals surface area contributed by atoms with Gasteiger partial charge in [0.1, 0.15) is 11.3 Å². The van der Waals surface area contributed by atoms with Crippen LogP contribution in [0.4, 0.5) is 10.1 Å². The minimum atomic E-state index is -0.243. The Morgan fingerprint density at radius 1 is 1.17 bits per heavy atom. The highest BCUT2D eigenvalue weighted by atomic mass is 19.1. The molecule has 0 saturated carbocycles. The molecule has 1 aromatic carbocycles. The first-order chi connectivity index (χ1) is 8.75. The van der Waals surface area contributed by atoms with Crippen molar-refractivity contribution in [2.45, 2.75) is 6.92 Å². The molecule has 4 heteroatoms. The van der Waals surface area contributed by atoms with E-state index in [1.165, 1.54) is 6.07 Å². The van der Waals surface area contributed by atoms with Gasteiger partial charge in [0.2, 0.25) is 0 Å². The van der Waals surface area contributed by atoms with Crippen molar-refractivity contribution in [3.8, 4) is 0 Å². The molecule has 0 spiro atoms. The van der Waals surface area contributed by atoms with E-state index >= 15 is 0 Å². The second-order valence-electron chi connectivity index (χ2n) is 4.65. The number of pyridine rings is 1. The third-order valence-electron chi connectivity index (χ3n) is 3.38. The van der Waals surface area contributed by atoms with Gasteiger partial charge in [-0.2, -0.15) is 0 Å². The van der Waals surface area contributed by atoms with Gasteiger partial charge in [0, 0.05) is 42.9 Å². The van der Waals surface area contributed by atoms with Gasteiger partial charge in [0.05, 0.1) is 0 Å². The Labute approximate surface area is 106 Å². The fourth-order valence-corrected chi connectivity index (χ4v) is 2.45. The number of hydrogen-bond acceptors (Lipinski definition) is 3. The lowest BCUT2D eigenvalue weighted by atomic mass is 10.1. The highest BCUT2D eigenvalue weighted by molar-refractivity contribution is 5.92. The predicted octanol–water partition coefficient (Wildman–Crippen LogP) is 2.09. The summed E-state index contributed by atoms with van der Waals surface area (Å²) in [7, 11) is 0. The number of nitrogens with zero attached hydrogens (tertiary/aromatic N) is 2. The zero-order valence-corrected chi connectivity index (χ0v) is 10.4. The summed E-state index contributed by atoms with van der Waals surface area (Å²) in [6.07, 6.45) is 0. The average Bonchev–Trinajstić information content (AvgIpc) is 2.41. The van der Waals surface area contributed by atoms with Crippen molar-refractivity contribution in [1.82, 2.24) is 10.3 Å². The number of anilines is 1. The Morgan fingerprint density at radius 3 is 2.72 bits per heavy atom. The van der Waals surface area contributed by atoms with Gasteiger partial charge in [0.15, 0.2) is 0 Å². The van der Waals surface area contributed by atoms with Crippen LogP contribution in [-0.4, -0.2) is 31.2 Å². The fourth-order valence-electron chi connectivity index (χ4n) is 2.45. The van der Waals surface area contributed by atoms with Crippen LogP contribution in [0.15, 0.2) is 24.3 Å². The van der Waals surface area contributed by atoms with Crippen LogP contribution in [0.25, 0.3) is 10.9 Å². The summed E-state index contributed by atoms with van der Waals surface area (Å²) in [6, 6.07) is 7.29. The first-order valence-electron chi connectivity index (χ1n) is 6.27. The molecule has 18 heavy (non-hydrogen) atoms. The van der Waals surface area contributed by atoms with E-state index in [1.807, 2.05) is 25.1 Å². The van der Waals surface area contributed by atoms with E-state index in [1.54, 1.807) is 0 Å². The van der Waals surface area contributed by atoms with Crippen molar-refractivity contribution in [3.05, 3.63) is 35.8 Å². The van der Waals surface area contributed by atoms with Crippen LogP contribution in [0.3, 0.4) is 0 Å². The molecule has 1 fully saturated rings. The maximum absolute atomic E-state index is 13.8. The minimum Gasteiger partial charge on any atom is -0.368 e. The van der Waals surface area contributed by atoms with E-state index in [2.05, 4.69) is 15.2 Å². The topological polar surface area (TPSA) is 28.2 Å². The standard InChI is InChI=1S/C14H16FN3/c1-10-2-3-11-13(18-8-6-16-7-9-18)5-4-12(15)14(11)17-10/h2-5,16H,6-9H2,1H3. The SMILES string of the molecule is Cc1ccc2c(N3CCNCC3)ccc(F)c2n1. The molecule has 1 aliphatic rings. The van der Waals surface area contributed by atoms with E-state index in [0.29, 0.717) is 5.52 Å². The maximum Gasteiger partial charge on any atom is 0.149 e. The van der Waals surface area contributed by atoms with Crippen LogP contribution in [0.1, 0.15) is 5.69 Å². The number of aromatic nitrogens is 1. The van der Waals surface area contributed by atoms with Crippen LogP contribution >= 0.6 is 0 Å². The lowest BCUT2D eigenvalue weighted by molar-refractivity contribution is 0.589.